The molecule has 0 aliphatic carbocycles. The molecule has 0 atom stereocenters. The van der Waals surface area contributed by atoms with E-state index in [-0.39, 0.29) is 34.8 Å². The monoisotopic (exact) mass is 682 g/mol. The van der Waals surface area contributed by atoms with Crippen molar-refractivity contribution in [2.45, 2.75) is 16.7 Å². The number of aliphatic hydroxyl groups is 1. The first-order chi connectivity index (χ1) is 22.2. The Morgan fingerprint density at radius 2 is 1.49 bits per heavy atom. The Labute approximate surface area is 266 Å². The molecule has 4 N–H and O–H groups in total. The molecule has 0 bridgehead atoms. The van der Waals surface area contributed by atoms with Crippen LogP contribution in [0, 0.1) is 12.0 Å². The van der Waals surface area contributed by atoms with Gasteiger partial charge in [-0.1, -0.05) is 18.2 Å². The molecule has 0 radical (unpaired) electrons. The molecule has 1 aliphatic rings. The van der Waals surface area contributed by atoms with Crippen LogP contribution in [0.3, 0.4) is 0 Å². The molecule has 0 spiro atoms. The van der Waals surface area contributed by atoms with E-state index in [1.165, 1.54) is 60.8 Å². The van der Waals surface area contributed by atoms with Crippen LogP contribution in [0.5, 0.6) is 5.88 Å². The number of hydrazone groups is 1. The largest absolute Gasteiger partial charge is 0.493 e. The highest BCUT2D eigenvalue weighted by Crippen LogP contribution is 2.28. The van der Waals surface area contributed by atoms with Gasteiger partial charge < -0.3 is 14.9 Å². The highest BCUT2D eigenvalue weighted by molar-refractivity contribution is 7.86. The molecule has 16 nitrogen and oxygen atoms in total. The third-order valence-electron chi connectivity index (χ3n) is 6.13. The van der Waals surface area contributed by atoms with Gasteiger partial charge in [-0.15, -0.1) is 0 Å². The molecule has 0 saturated heterocycles. The van der Waals surface area contributed by atoms with Crippen molar-refractivity contribution in [2.24, 2.45) is 5.10 Å². The number of hydrogen-bond acceptors (Lipinski definition) is 12. The smallest absolute Gasteiger partial charge is 0.359 e. The number of rotatable bonds is 10. The quantitative estimate of drug-likeness (QED) is 0.0788. The Bertz CT molecular complexity index is 2170. The maximum absolute atomic E-state index is 13.1. The van der Waals surface area contributed by atoms with Gasteiger partial charge in [0.25, 0.3) is 31.9 Å². The maximum Gasteiger partial charge on any atom is 0.359 e. The van der Waals surface area contributed by atoms with Gasteiger partial charge in [-0.3, -0.25) is 18.7 Å². The van der Waals surface area contributed by atoms with E-state index in [1.807, 2.05) is 5.92 Å². The van der Waals surface area contributed by atoms with Gasteiger partial charge in [0.05, 0.1) is 38.9 Å². The average molecular weight is 683 g/mol. The molecular formula is C29H22N4O12S2. The van der Waals surface area contributed by atoms with Gasteiger partial charge in [0, 0.05) is 5.92 Å². The number of Topliss-reactive ketones (excluding diaryl/α,β-unsaturated/α-hetero) is 1. The van der Waals surface area contributed by atoms with Crippen molar-refractivity contribution in [3.05, 3.63) is 89.7 Å². The highest BCUT2D eigenvalue weighted by atomic mass is 32.2. The van der Waals surface area contributed by atoms with E-state index in [1.54, 1.807) is 6.92 Å². The minimum atomic E-state index is -4.51. The Morgan fingerprint density at radius 1 is 0.915 bits per heavy atom. The van der Waals surface area contributed by atoms with Crippen LogP contribution in [0.2, 0.25) is 0 Å². The van der Waals surface area contributed by atoms with Crippen LogP contribution in [0.15, 0.2) is 93.3 Å². The van der Waals surface area contributed by atoms with Gasteiger partial charge >= 0.3 is 5.97 Å². The number of allylic oxidation sites excluding steroid dienone is 4. The molecular weight excluding hydrogens is 660 g/mol. The third-order valence-corrected chi connectivity index (χ3v) is 7.87. The number of nitrogens with zero attached hydrogens (tertiary/aromatic N) is 4. The van der Waals surface area contributed by atoms with Crippen molar-refractivity contribution >= 4 is 55.4 Å². The van der Waals surface area contributed by atoms with E-state index < -0.39 is 59.3 Å². The summed E-state index contributed by atoms with van der Waals surface area (Å²) in [7, 11) is -8.99. The lowest BCUT2D eigenvalue weighted by Gasteiger charge is -2.11. The number of aliphatic hydroxyl groups excluding tert-OH is 1. The summed E-state index contributed by atoms with van der Waals surface area (Å²) in [5.41, 5.74) is -0.893. The minimum absolute atomic E-state index is 0.00880. The zero-order valence-electron chi connectivity index (χ0n) is 23.9. The summed E-state index contributed by atoms with van der Waals surface area (Å²) in [5.74, 6) is -1.37. The van der Waals surface area contributed by atoms with Crippen LogP contribution in [-0.2, 0) is 34.6 Å². The fourth-order valence-electron chi connectivity index (χ4n) is 4.01. The van der Waals surface area contributed by atoms with Crippen molar-refractivity contribution < 1.29 is 55.3 Å². The standard InChI is InChI=1S/C29H22N4O12S2/c1-2-45-29(38)26-23(28(37)33(31-26)19-10-14-21(15-11-19)47(42,43)44)7-5-3-4-6-22-25(24(35)16-17-34)30-32(27(22)36)18-8-12-20(13-9-18)46(39,40)41/h3-15,34,37H,2H2,1H3,(H,39,40,41)(H,42,43,44). The number of benzene rings is 2. The van der Waals surface area contributed by atoms with Crippen molar-refractivity contribution in [1.29, 1.82) is 0 Å². The second kappa shape index (κ2) is 13.6. The van der Waals surface area contributed by atoms with E-state index in [2.05, 4.69) is 10.2 Å². The predicted octanol–water partition coefficient (Wildman–Crippen LogP) is 2.05. The lowest BCUT2D eigenvalue weighted by atomic mass is 10.1. The third kappa shape index (κ3) is 7.51. The molecule has 242 valence electrons. The van der Waals surface area contributed by atoms with Crippen LogP contribution < -0.4 is 5.01 Å². The first-order valence-electron chi connectivity index (χ1n) is 13.0. The molecule has 1 amide bonds. The Hall–Kier alpha value is -5.87. The number of carbonyl (C=O) groups is 3. The van der Waals surface area contributed by atoms with Crippen LogP contribution in [0.25, 0.3) is 11.8 Å². The number of ketones is 1. The molecule has 2 aromatic carbocycles. The summed E-state index contributed by atoms with van der Waals surface area (Å²) in [5, 5.41) is 28.6. The summed E-state index contributed by atoms with van der Waals surface area (Å²) in [4.78, 5) is 37.3. The van der Waals surface area contributed by atoms with Crippen LogP contribution in [0.1, 0.15) is 23.0 Å². The van der Waals surface area contributed by atoms with E-state index in [4.69, 9.17) is 9.84 Å². The van der Waals surface area contributed by atoms with E-state index >= 15 is 0 Å². The van der Waals surface area contributed by atoms with Gasteiger partial charge in [0.15, 0.2) is 11.4 Å². The molecule has 1 aromatic heterocycles. The lowest BCUT2D eigenvalue weighted by Crippen LogP contribution is -2.22. The Balaban J connectivity index is 1.65. The fourth-order valence-corrected chi connectivity index (χ4v) is 4.97. The number of ether oxygens (including phenoxy) is 1. The number of carbonyl (C=O) groups excluding carboxylic acids is 3. The lowest BCUT2D eigenvalue weighted by molar-refractivity contribution is -0.114. The minimum Gasteiger partial charge on any atom is -0.493 e. The first kappa shape index (κ1) is 34.0. The number of amides is 1. The van der Waals surface area contributed by atoms with Crippen molar-refractivity contribution in [2.75, 3.05) is 11.6 Å². The molecule has 2 heterocycles. The van der Waals surface area contributed by atoms with E-state index in [9.17, 15) is 45.4 Å². The predicted molar refractivity (Wildman–Crippen MR) is 163 cm³/mol. The summed E-state index contributed by atoms with van der Waals surface area (Å²) in [6.07, 6.45) is 7.93. The van der Waals surface area contributed by atoms with Gasteiger partial charge in [-0.05, 0) is 67.6 Å². The molecule has 0 saturated carbocycles. The van der Waals surface area contributed by atoms with Gasteiger partial charge in [-0.25, -0.2) is 4.79 Å². The maximum atomic E-state index is 13.1. The molecule has 0 unspecified atom stereocenters. The normalized spacial score (nSPS) is 14.4. The molecule has 0 fully saturated rings. The summed E-state index contributed by atoms with van der Waals surface area (Å²) < 4.78 is 69.7. The van der Waals surface area contributed by atoms with Crippen molar-refractivity contribution in [3.8, 4) is 23.6 Å². The summed E-state index contributed by atoms with van der Waals surface area (Å²) in [6.45, 7) is 1.55. The number of anilines is 1. The van der Waals surface area contributed by atoms with Gasteiger partial charge in [-0.2, -0.15) is 36.7 Å². The van der Waals surface area contributed by atoms with Crippen molar-refractivity contribution in [3.63, 3.8) is 0 Å². The van der Waals surface area contributed by atoms with Crippen LogP contribution >= 0.6 is 0 Å². The van der Waals surface area contributed by atoms with Gasteiger partial charge in [0.1, 0.15) is 6.11 Å². The average Bonchev–Trinajstić information content (AvgIpc) is 3.52. The van der Waals surface area contributed by atoms with Crippen LogP contribution in [0.4, 0.5) is 5.69 Å². The van der Waals surface area contributed by atoms with Crippen LogP contribution in [-0.4, -0.2) is 75.9 Å². The van der Waals surface area contributed by atoms with Gasteiger partial charge in [0.2, 0.25) is 5.88 Å². The van der Waals surface area contributed by atoms with E-state index in [0.29, 0.717) is 0 Å². The molecule has 4 rings (SSSR count). The SMILES string of the molecule is CCOC(=O)c1nn(-c2ccc(S(=O)(=O)O)cc2)c(O)c1C=CC=CC=C1C(=O)N(c2ccc(S(=O)(=O)O)cc2)N=C1C(=O)C#CO. The van der Waals surface area contributed by atoms with E-state index in [0.717, 1.165) is 34.0 Å². The first-order valence-corrected chi connectivity index (χ1v) is 15.9. The topological polar surface area (TPSA) is 243 Å². The zero-order chi connectivity index (χ0) is 34.5. The highest BCUT2D eigenvalue weighted by Gasteiger charge is 2.34. The second-order valence-corrected chi connectivity index (χ2v) is 12.0. The number of hydrogen-bond donors (Lipinski definition) is 4. The summed E-state index contributed by atoms with van der Waals surface area (Å²) >= 11 is 0. The fraction of sp³-hybridized carbons (Fsp3) is 0.0690. The molecule has 1 aliphatic heterocycles. The summed E-state index contributed by atoms with van der Waals surface area (Å²) in [6, 6.07) is 8.97. The van der Waals surface area contributed by atoms with Crippen molar-refractivity contribution in [1.82, 2.24) is 9.78 Å². The Kier molecular flexibility index (Phi) is 9.87. The second-order valence-electron chi connectivity index (χ2n) is 9.11. The molecule has 18 heteroatoms. The Morgan fingerprint density at radius 3 is 2.02 bits per heavy atom. The molecule has 47 heavy (non-hydrogen) atoms. The zero-order valence-corrected chi connectivity index (χ0v) is 25.5. The number of aromatic hydroxyl groups is 1. The molecule has 3 aromatic rings. The number of aromatic nitrogens is 2. The number of esters is 1.